The topological polar surface area (TPSA) is 18.5 Å². The highest BCUT2D eigenvalue weighted by Gasteiger charge is 2.25. The Bertz CT molecular complexity index is 393. The molecule has 1 aliphatic carbocycles. The van der Waals surface area contributed by atoms with Crippen molar-refractivity contribution in [3.05, 3.63) is 29.8 Å². The van der Waals surface area contributed by atoms with Crippen molar-refractivity contribution in [3.8, 4) is 5.75 Å². The summed E-state index contributed by atoms with van der Waals surface area (Å²) in [6, 6.07) is 8.56. The Balaban J connectivity index is 1.98. The molecule has 0 saturated heterocycles. The van der Waals surface area contributed by atoms with Gasteiger partial charge in [0.25, 0.3) is 0 Å². The van der Waals surface area contributed by atoms with Crippen molar-refractivity contribution in [2.24, 2.45) is 5.92 Å². The van der Waals surface area contributed by atoms with Crippen LogP contribution in [0.5, 0.6) is 5.75 Å². The summed E-state index contributed by atoms with van der Waals surface area (Å²) < 4.78 is 12.0. The van der Waals surface area contributed by atoms with Crippen molar-refractivity contribution in [3.63, 3.8) is 0 Å². The molecule has 2 unspecified atom stereocenters. The van der Waals surface area contributed by atoms with Gasteiger partial charge in [-0.1, -0.05) is 45.2 Å². The molecule has 0 spiro atoms. The first-order valence-electron chi connectivity index (χ1n) is 8.62. The van der Waals surface area contributed by atoms with Gasteiger partial charge in [-0.2, -0.15) is 0 Å². The van der Waals surface area contributed by atoms with Crippen molar-refractivity contribution in [2.75, 3.05) is 6.61 Å². The van der Waals surface area contributed by atoms with Gasteiger partial charge in [0, 0.05) is 12.5 Å². The summed E-state index contributed by atoms with van der Waals surface area (Å²) in [6.07, 6.45) is 7.54. The van der Waals surface area contributed by atoms with E-state index in [9.17, 15) is 0 Å². The average Bonchev–Trinajstić information content (AvgIpc) is 2.55. The van der Waals surface area contributed by atoms with Gasteiger partial charge in [0.1, 0.15) is 5.75 Å². The van der Waals surface area contributed by atoms with E-state index in [0.29, 0.717) is 18.4 Å². The zero-order valence-electron chi connectivity index (χ0n) is 13.8. The van der Waals surface area contributed by atoms with Gasteiger partial charge >= 0.3 is 0 Å². The van der Waals surface area contributed by atoms with Gasteiger partial charge in [0.15, 0.2) is 0 Å². The Hall–Kier alpha value is -1.02. The van der Waals surface area contributed by atoms with Crippen LogP contribution in [0.2, 0.25) is 0 Å². The number of hydrogen-bond acceptors (Lipinski definition) is 2. The first-order valence-corrected chi connectivity index (χ1v) is 8.62. The molecule has 118 valence electrons. The maximum atomic E-state index is 6.14. The predicted molar refractivity (Wildman–Crippen MR) is 87.8 cm³/mol. The van der Waals surface area contributed by atoms with E-state index in [1.165, 1.54) is 44.1 Å². The normalized spacial score (nSPS) is 19.2. The Morgan fingerprint density at radius 1 is 1.05 bits per heavy atom. The molecule has 0 amide bonds. The smallest absolute Gasteiger partial charge is 0.202 e. The monoisotopic (exact) mass is 290 g/mol. The van der Waals surface area contributed by atoms with E-state index in [1.807, 2.05) is 6.92 Å². The Morgan fingerprint density at radius 2 is 1.71 bits per heavy atom. The fourth-order valence-electron chi connectivity index (χ4n) is 3.08. The minimum atomic E-state index is -0.0789. The summed E-state index contributed by atoms with van der Waals surface area (Å²) in [5.41, 5.74) is 1.38. The van der Waals surface area contributed by atoms with Crippen LogP contribution in [0.4, 0.5) is 0 Å². The van der Waals surface area contributed by atoms with E-state index in [2.05, 4.69) is 38.1 Å². The maximum Gasteiger partial charge on any atom is 0.202 e. The van der Waals surface area contributed by atoms with Crippen LogP contribution in [-0.2, 0) is 4.74 Å². The first kappa shape index (κ1) is 16.4. The molecule has 1 saturated carbocycles. The number of benzene rings is 1. The van der Waals surface area contributed by atoms with Crippen molar-refractivity contribution in [2.45, 2.75) is 71.5 Å². The van der Waals surface area contributed by atoms with Crippen LogP contribution in [0.25, 0.3) is 0 Å². The molecule has 1 aliphatic rings. The van der Waals surface area contributed by atoms with Gasteiger partial charge < -0.3 is 9.47 Å². The SMILES string of the molecule is CCOC(Oc1ccc(C(C)CC)cc1)C1CCCCC1. The zero-order valence-corrected chi connectivity index (χ0v) is 13.8. The quantitative estimate of drug-likeness (QED) is 0.615. The van der Waals surface area contributed by atoms with E-state index in [-0.39, 0.29) is 6.29 Å². The number of rotatable bonds is 7. The summed E-state index contributed by atoms with van der Waals surface area (Å²) in [7, 11) is 0. The van der Waals surface area contributed by atoms with E-state index in [4.69, 9.17) is 9.47 Å². The van der Waals surface area contributed by atoms with E-state index in [0.717, 1.165) is 5.75 Å². The van der Waals surface area contributed by atoms with Crippen LogP contribution in [0.1, 0.15) is 70.8 Å². The number of ether oxygens (including phenoxy) is 2. The van der Waals surface area contributed by atoms with Crippen LogP contribution in [-0.4, -0.2) is 12.9 Å². The molecule has 1 aromatic rings. The highest BCUT2D eigenvalue weighted by atomic mass is 16.7. The fraction of sp³-hybridized carbons (Fsp3) is 0.684. The molecule has 0 aliphatic heterocycles. The third-order valence-electron chi connectivity index (χ3n) is 4.68. The fourth-order valence-corrected chi connectivity index (χ4v) is 3.08. The second kappa shape index (κ2) is 8.43. The van der Waals surface area contributed by atoms with Crippen LogP contribution in [0.3, 0.4) is 0 Å². The summed E-state index contributed by atoms with van der Waals surface area (Å²) in [6.45, 7) is 7.25. The van der Waals surface area contributed by atoms with Gasteiger partial charge in [-0.25, -0.2) is 0 Å². The van der Waals surface area contributed by atoms with Crippen molar-refractivity contribution in [1.82, 2.24) is 0 Å². The minimum absolute atomic E-state index is 0.0789. The lowest BCUT2D eigenvalue weighted by Crippen LogP contribution is -2.31. The van der Waals surface area contributed by atoms with Crippen LogP contribution < -0.4 is 4.74 Å². The highest BCUT2D eigenvalue weighted by Crippen LogP contribution is 2.30. The molecule has 0 radical (unpaired) electrons. The standard InChI is InChI=1S/C19H30O2/c1-4-15(3)16-11-13-18(14-12-16)21-19(20-5-2)17-9-7-6-8-10-17/h11-15,17,19H,4-10H2,1-3H3. The summed E-state index contributed by atoms with van der Waals surface area (Å²) in [4.78, 5) is 0. The van der Waals surface area contributed by atoms with Crippen molar-refractivity contribution >= 4 is 0 Å². The van der Waals surface area contributed by atoms with Crippen molar-refractivity contribution < 1.29 is 9.47 Å². The summed E-state index contributed by atoms with van der Waals surface area (Å²) >= 11 is 0. The lowest BCUT2D eigenvalue weighted by Gasteiger charge is -2.30. The number of hydrogen-bond donors (Lipinski definition) is 0. The lowest BCUT2D eigenvalue weighted by atomic mass is 9.89. The molecule has 2 nitrogen and oxygen atoms in total. The van der Waals surface area contributed by atoms with Gasteiger partial charge in [-0.15, -0.1) is 0 Å². The average molecular weight is 290 g/mol. The summed E-state index contributed by atoms with van der Waals surface area (Å²) in [5, 5.41) is 0. The molecule has 0 heterocycles. The minimum Gasteiger partial charge on any atom is -0.465 e. The van der Waals surface area contributed by atoms with Crippen LogP contribution in [0.15, 0.2) is 24.3 Å². The molecule has 0 N–H and O–H groups in total. The van der Waals surface area contributed by atoms with E-state index >= 15 is 0 Å². The van der Waals surface area contributed by atoms with Gasteiger partial charge in [-0.05, 0) is 49.8 Å². The molecule has 2 heteroatoms. The lowest BCUT2D eigenvalue weighted by molar-refractivity contribution is -0.119. The molecule has 0 bridgehead atoms. The third-order valence-corrected chi connectivity index (χ3v) is 4.68. The van der Waals surface area contributed by atoms with Crippen LogP contribution in [0, 0.1) is 5.92 Å². The largest absolute Gasteiger partial charge is 0.465 e. The summed E-state index contributed by atoms with van der Waals surface area (Å²) in [5.74, 6) is 2.10. The van der Waals surface area contributed by atoms with Gasteiger partial charge in [0.2, 0.25) is 6.29 Å². The molecular weight excluding hydrogens is 260 g/mol. The molecule has 2 rings (SSSR count). The third kappa shape index (κ3) is 4.74. The van der Waals surface area contributed by atoms with Crippen LogP contribution >= 0.6 is 0 Å². The highest BCUT2D eigenvalue weighted by molar-refractivity contribution is 5.29. The molecule has 1 fully saturated rings. The molecule has 21 heavy (non-hydrogen) atoms. The van der Waals surface area contributed by atoms with Crippen molar-refractivity contribution in [1.29, 1.82) is 0 Å². The second-order valence-corrected chi connectivity index (χ2v) is 6.22. The van der Waals surface area contributed by atoms with E-state index in [1.54, 1.807) is 0 Å². The Kier molecular flexibility index (Phi) is 6.56. The maximum absolute atomic E-state index is 6.14. The Labute approximate surface area is 129 Å². The zero-order chi connectivity index (χ0) is 15.1. The molecule has 0 aromatic heterocycles. The second-order valence-electron chi connectivity index (χ2n) is 6.22. The molecular formula is C19H30O2. The Morgan fingerprint density at radius 3 is 2.29 bits per heavy atom. The van der Waals surface area contributed by atoms with Gasteiger partial charge in [0.05, 0.1) is 0 Å². The molecule has 1 aromatic carbocycles. The van der Waals surface area contributed by atoms with E-state index < -0.39 is 0 Å². The first-order chi connectivity index (χ1) is 10.2. The molecule has 2 atom stereocenters. The van der Waals surface area contributed by atoms with Gasteiger partial charge in [-0.3, -0.25) is 0 Å². The predicted octanol–water partition coefficient (Wildman–Crippen LogP) is 5.52.